The molecule has 1 saturated carbocycles. The van der Waals surface area contributed by atoms with E-state index in [1.165, 1.54) is 17.4 Å². The molecule has 5 heteroatoms. The second kappa shape index (κ2) is 5.76. The SMILES string of the molecule is Cc1cccc(-c2c3c(=O)n(C)c(=O)n(C)c3cn2C2CCCC2)c1. The first-order valence-electron chi connectivity index (χ1n) is 8.86. The standard InChI is InChI=1S/C20H23N3O2/c1-13-7-6-8-14(11-13)18-17-16(12-23(18)15-9-4-5-10-15)21(2)20(25)22(3)19(17)24/h6-8,11-12,15H,4-5,9-10H2,1-3H3. The third-order valence-electron chi connectivity index (χ3n) is 5.48. The van der Waals surface area contributed by atoms with Gasteiger partial charge in [0.2, 0.25) is 0 Å². The normalized spacial score (nSPS) is 15.3. The topological polar surface area (TPSA) is 48.9 Å². The molecule has 2 aromatic heterocycles. The van der Waals surface area contributed by atoms with Gasteiger partial charge in [-0.2, -0.15) is 0 Å². The van der Waals surface area contributed by atoms with Crippen LogP contribution >= 0.6 is 0 Å². The molecular weight excluding hydrogens is 314 g/mol. The average Bonchev–Trinajstić information content (AvgIpc) is 3.25. The number of fused-ring (bicyclic) bond motifs is 1. The maximum absolute atomic E-state index is 12.9. The molecular formula is C20H23N3O2. The molecule has 1 aliphatic rings. The van der Waals surface area contributed by atoms with E-state index in [0.29, 0.717) is 11.4 Å². The van der Waals surface area contributed by atoms with Gasteiger partial charge in [-0.25, -0.2) is 4.79 Å². The van der Waals surface area contributed by atoms with Crippen LogP contribution in [0.2, 0.25) is 0 Å². The molecule has 1 fully saturated rings. The van der Waals surface area contributed by atoms with Crippen molar-refractivity contribution in [2.45, 2.75) is 38.6 Å². The Bertz CT molecular complexity index is 1080. The average molecular weight is 337 g/mol. The highest BCUT2D eigenvalue weighted by Crippen LogP contribution is 2.37. The predicted molar refractivity (Wildman–Crippen MR) is 100 cm³/mol. The maximum atomic E-state index is 12.9. The quantitative estimate of drug-likeness (QED) is 0.721. The van der Waals surface area contributed by atoms with Gasteiger partial charge < -0.3 is 4.57 Å². The summed E-state index contributed by atoms with van der Waals surface area (Å²) in [7, 11) is 3.29. The van der Waals surface area contributed by atoms with Crippen LogP contribution < -0.4 is 11.2 Å². The van der Waals surface area contributed by atoms with Crippen LogP contribution in [0, 0.1) is 6.92 Å². The summed E-state index contributed by atoms with van der Waals surface area (Å²) < 4.78 is 5.04. The lowest BCUT2D eigenvalue weighted by Crippen LogP contribution is -2.36. The van der Waals surface area contributed by atoms with Gasteiger partial charge in [-0.15, -0.1) is 0 Å². The van der Waals surface area contributed by atoms with Crippen LogP contribution in [0.4, 0.5) is 0 Å². The molecule has 4 rings (SSSR count). The zero-order valence-corrected chi connectivity index (χ0v) is 15.0. The number of nitrogens with zero attached hydrogens (tertiary/aromatic N) is 3. The van der Waals surface area contributed by atoms with Gasteiger partial charge in [-0.3, -0.25) is 13.9 Å². The van der Waals surface area contributed by atoms with E-state index in [0.717, 1.165) is 35.2 Å². The first kappa shape index (κ1) is 15.9. The molecule has 130 valence electrons. The fourth-order valence-electron chi connectivity index (χ4n) is 4.12. The van der Waals surface area contributed by atoms with Gasteiger partial charge in [0.05, 0.1) is 16.6 Å². The molecule has 2 heterocycles. The Hall–Kier alpha value is -2.56. The second-order valence-electron chi connectivity index (χ2n) is 7.16. The Labute approximate surface area is 146 Å². The molecule has 0 amide bonds. The summed E-state index contributed by atoms with van der Waals surface area (Å²) in [6.07, 6.45) is 6.67. The summed E-state index contributed by atoms with van der Waals surface area (Å²) in [5, 5.41) is 0.641. The highest BCUT2D eigenvalue weighted by atomic mass is 16.2. The van der Waals surface area contributed by atoms with Gasteiger partial charge in [0, 0.05) is 26.3 Å². The van der Waals surface area contributed by atoms with Crippen LogP contribution in [-0.4, -0.2) is 13.7 Å². The number of aryl methyl sites for hydroxylation is 2. The van der Waals surface area contributed by atoms with Crippen molar-refractivity contribution in [3.63, 3.8) is 0 Å². The monoisotopic (exact) mass is 337 g/mol. The largest absolute Gasteiger partial charge is 0.342 e. The summed E-state index contributed by atoms with van der Waals surface area (Å²) in [5.74, 6) is 0. The second-order valence-corrected chi connectivity index (χ2v) is 7.16. The highest BCUT2D eigenvalue weighted by molar-refractivity contribution is 5.93. The molecule has 0 unspecified atom stereocenters. The Morgan fingerprint density at radius 3 is 2.44 bits per heavy atom. The Morgan fingerprint density at radius 1 is 1.04 bits per heavy atom. The van der Waals surface area contributed by atoms with E-state index < -0.39 is 0 Å². The third-order valence-corrected chi connectivity index (χ3v) is 5.48. The molecule has 1 aromatic carbocycles. The molecule has 0 aliphatic heterocycles. The van der Waals surface area contributed by atoms with E-state index in [9.17, 15) is 9.59 Å². The van der Waals surface area contributed by atoms with E-state index in [2.05, 4.69) is 29.7 Å². The van der Waals surface area contributed by atoms with Crippen LogP contribution in [0.3, 0.4) is 0 Å². The van der Waals surface area contributed by atoms with E-state index in [1.54, 1.807) is 18.7 Å². The lowest BCUT2D eigenvalue weighted by molar-refractivity contribution is 0.527. The Morgan fingerprint density at radius 2 is 1.76 bits per heavy atom. The van der Waals surface area contributed by atoms with Crippen molar-refractivity contribution in [2.24, 2.45) is 14.1 Å². The van der Waals surface area contributed by atoms with Crippen molar-refractivity contribution in [1.82, 2.24) is 13.7 Å². The molecule has 0 radical (unpaired) electrons. The van der Waals surface area contributed by atoms with Crippen molar-refractivity contribution in [2.75, 3.05) is 0 Å². The van der Waals surface area contributed by atoms with Crippen molar-refractivity contribution < 1.29 is 0 Å². The van der Waals surface area contributed by atoms with Crippen LogP contribution in [0.1, 0.15) is 37.3 Å². The van der Waals surface area contributed by atoms with Gasteiger partial charge >= 0.3 is 5.69 Å². The van der Waals surface area contributed by atoms with E-state index in [1.807, 2.05) is 12.3 Å². The van der Waals surface area contributed by atoms with Crippen molar-refractivity contribution >= 4 is 10.9 Å². The third kappa shape index (κ3) is 2.37. The lowest BCUT2D eigenvalue weighted by atomic mass is 10.1. The molecule has 0 N–H and O–H groups in total. The molecule has 0 bridgehead atoms. The minimum absolute atomic E-state index is 0.216. The smallest absolute Gasteiger partial charge is 0.330 e. The number of benzene rings is 1. The first-order valence-corrected chi connectivity index (χ1v) is 8.86. The lowest BCUT2D eigenvalue weighted by Gasteiger charge is -2.16. The summed E-state index contributed by atoms with van der Waals surface area (Å²) in [4.78, 5) is 25.3. The summed E-state index contributed by atoms with van der Waals surface area (Å²) in [6, 6.07) is 8.64. The van der Waals surface area contributed by atoms with E-state index >= 15 is 0 Å². The minimum atomic E-state index is -0.281. The Kier molecular flexibility index (Phi) is 3.67. The molecule has 3 aromatic rings. The molecule has 1 aliphatic carbocycles. The van der Waals surface area contributed by atoms with Gasteiger partial charge in [0.25, 0.3) is 5.56 Å². The van der Waals surface area contributed by atoms with Crippen LogP contribution in [-0.2, 0) is 14.1 Å². The van der Waals surface area contributed by atoms with Crippen molar-refractivity contribution in [3.05, 3.63) is 56.9 Å². The number of hydrogen-bond donors (Lipinski definition) is 0. The molecule has 0 atom stereocenters. The van der Waals surface area contributed by atoms with Crippen LogP contribution in [0.15, 0.2) is 40.1 Å². The van der Waals surface area contributed by atoms with Crippen LogP contribution in [0.25, 0.3) is 22.2 Å². The predicted octanol–water partition coefficient (Wildman–Crippen LogP) is 3.13. The minimum Gasteiger partial charge on any atom is -0.342 e. The van der Waals surface area contributed by atoms with E-state index in [-0.39, 0.29) is 11.2 Å². The summed E-state index contributed by atoms with van der Waals surface area (Å²) in [5.41, 5.74) is 3.37. The van der Waals surface area contributed by atoms with Gasteiger partial charge in [0.1, 0.15) is 0 Å². The fourth-order valence-corrected chi connectivity index (χ4v) is 4.12. The molecule has 0 saturated heterocycles. The maximum Gasteiger partial charge on any atom is 0.330 e. The van der Waals surface area contributed by atoms with Gasteiger partial charge in [0.15, 0.2) is 0 Å². The molecule has 0 spiro atoms. The fraction of sp³-hybridized carbons (Fsp3) is 0.400. The summed E-state index contributed by atoms with van der Waals surface area (Å²) >= 11 is 0. The van der Waals surface area contributed by atoms with Crippen molar-refractivity contribution in [3.8, 4) is 11.3 Å². The number of rotatable bonds is 2. The van der Waals surface area contributed by atoms with Crippen LogP contribution in [0.5, 0.6) is 0 Å². The van der Waals surface area contributed by atoms with Gasteiger partial charge in [-0.1, -0.05) is 36.6 Å². The highest BCUT2D eigenvalue weighted by Gasteiger charge is 2.25. The number of aromatic nitrogens is 3. The molecule has 5 nitrogen and oxygen atoms in total. The zero-order chi connectivity index (χ0) is 17.7. The zero-order valence-electron chi connectivity index (χ0n) is 15.0. The van der Waals surface area contributed by atoms with Gasteiger partial charge in [-0.05, 0) is 31.4 Å². The summed E-state index contributed by atoms with van der Waals surface area (Å²) in [6.45, 7) is 2.06. The first-order chi connectivity index (χ1) is 12.0. The van der Waals surface area contributed by atoms with Crippen molar-refractivity contribution in [1.29, 1.82) is 0 Å². The number of hydrogen-bond acceptors (Lipinski definition) is 2. The van der Waals surface area contributed by atoms with E-state index in [4.69, 9.17) is 0 Å². The Balaban J connectivity index is 2.15. The molecule has 25 heavy (non-hydrogen) atoms.